The van der Waals surface area contributed by atoms with Gasteiger partial charge in [0.1, 0.15) is 0 Å². The molecule has 0 radical (unpaired) electrons. The Labute approximate surface area is 224 Å². The van der Waals surface area contributed by atoms with Crippen molar-refractivity contribution in [2.45, 2.75) is 77.2 Å². The third kappa shape index (κ3) is 4.20. The second-order valence-corrected chi connectivity index (χ2v) is 11.5. The summed E-state index contributed by atoms with van der Waals surface area (Å²) in [5.41, 5.74) is 4.08. The molecule has 2 saturated carbocycles. The Morgan fingerprint density at radius 1 is 1.03 bits per heavy atom. The van der Waals surface area contributed by atoms with Crippen LogP contribution in [0.2, 0.25) is 0 Å². The zero-order chi connectivity index (χ0) is 27.2. The molecule has 1 aromatic rings. The van der Waals surface area contributed by atoms with Gasteiger partial charge >= 0.3 is 11.9 Å². The maximum Gasteiger partial charge on any atom is 0.303 e. The fraction of sp³-hybridized carbons (Fsp3) is 0.548. The number of ketones is 2. The van der Waals surface area contributed by atoms with Crippen LogP contribution in [-0.4, -0.2) is 42.8 Å². The molecular weight excluding hydrogens is 482 g/mol. The molecule has 2 fully saturated rings. The summed E-state index contributed by atoms with van der Waals surface area (Å²) in [6.45, 7) is 4.32. The molecule has 0 aliphatic heterocycles. The molecule has 0 amide bonds. The minimum absolute atomic E-state index is 0.0219. The molecular formula is C31H37NO6. The highest BCUT2D eigenvalue weighted by molar-refractivity contribution is 5.94. The quantitative estimate of drug-likeness (QED) is 0.525. The van der Waals surface area contributed by atoms with E-state index in [9.17, 15) is 19.2 Å². The first-order valence-electron chi connectivity index (χ1n) is 13.7. The molecule has 0 unspecified atom stereocenters. The van der Waals surface area contributed by atoms with Crippen LogP contribution in [0.15, 0.2) is 47.1 Å². The van der Waals surface area contributed by atoms with Crippen LogP contribution < -0.4 is 5.32 Å². The van der Waals surface area contributed by atoms with Gasteiger partial charge in [-0.25, -0.2) is 0 Å². The number of hydrogen-bond donors (Lipinski definition) is 1. The molecule has 4 aliphatic rings. The van der Waals surface area contributed by atoms with E-state index in [0.29, 0.717) is 19.3 Å². The van der Waals surface area contributed by atoms with Crippen LogP contribution in [0.5, 0.6) is 0 Å². The van der Waals surface area contributed by atoms with Gasteiger partial charge in [-0.05, 0) is 85.3 Å². The van der Waals surface area contributed by atoms with E-state index in [2.05, 4.69) is 36.5 Å². The first-order valence-corrected chi connectivity index (χ1v) is 13.7. The van der Waals surface area contributed by atoms with Crippen molar-refractivity contribution in [2.24, 2.45) is 17.3 Å². The molecule has 1 aromatic carbocycles. The summed E-state index contributed by atoms with van der Waals surface area (Å²) in [7, 11) is 1.89. The fourth-order valence-electron chi connectivity index (χ4n) is 8.04. The zero-order valence-electron chi connectivity index (χ0n) is 22.7. The van der Waals surface area contributed by atoms with Gasteiger partial charge in [-0.1, -0.05) is 24.6 Å². The summed E-state index contributed by atoms with van der Waals surface area (Å²) in [5.74, 6) is -0.792. The molecule has 5 atom stereocenters. The van der Waals surface area contributed by atoms with Crippen LogP contribution in [0.25, 0.3) is 0 Å². The third-order valence-corrected chi connectivity index (χ3v) is 9.63. The van der Waals surface area contributed by atoms with E-state index in [1.54, 1.807) is 0 Å². The molecule has 1 N–H and O–H groups in total. The van der Waals surface area contributed by atoms with Crippen LogP contribution in [0, 0.1) is 17.3 Å². The number of nitrogens with one attached hydrogen (secondary N) is 1. The molecule has 0 saturated heterocycles. The molecule has 0 aromatic heterocycles. The number of benzene rings is 1. The highest BCUT2D eigenvalue weighted by atomic mass is 16.6. The topological polar surface area (TPSA) is 98.8 Å². The normalized spacial score (nSPS) is 31.9. The number of hydrogen-bond acceptors (Lipinski definition) is 7. The first-order chi connectivity index (χ1) is 18.1. The van der Waals surface area contributed by atoms with E-state index in [0.717, 1.165) is 36.9 Å². The minimum atomic E-state index is -1.35. The van der Waals surface area contributed by atoms with E-state index >= 15 is 0 Å². The lowest BCUT2D eigenvalue weighted by Crippen LogP contribution is -2.58. The van der Waals surface area contributed by atoms with Crippen molar-refractivity contribution in [1.82, 2.24) is 0 Å². The summed E-state index contributed by atoms with van der Waals surface area (Å²) in [5, 5.41) is 3.18. The van der Waals surface area contributed by atoms with E-state index in [4.69, 9.17) is 9.47 Å². The van der Waals surface area contributed by atoms with Crippen LogP contribution in [-0.2, 0) is 28.7 Å². The SMILES string of the molecule is CNc1ccc([C@H]2C[C@@]3(C)[C@@H](CC[C@]3(OC(C)=O)C(=O)COC(C)=O)[C@@H]3CCC4=CC(=O)CCC4=C32)cc1. The Morgan fingerprint density at radius 2 is 1.76 bits per heavy atom. The van der Waals surface area contributed by atoms with Gasteiger partial charge in [-0.2, -0.15) is 0 Å². The predicted molar refractivity (Wildman–Crippen MR) is 142 cm³/mol. The number of carbonyl (C=O) groups is 4. The van der Waals surface area contributed by atoms with Crippen molar-refractivity contribution in [1.29, 1.82) is 0 Å². The van der Waals surface area contributed by atoms with E-state index in [1.165, 1.54) is 30.6 Å². The molecule has 7 nitrogen and oxygen atoms in total. The van der Waals surface area contributed by atoms with Gasteiger partial charge in [0.05, 0.1) is 0 Å². The second kappa shape index (κ2) is 9.83. The molecule has 38 heavy (non-hydrogen) atoms. The van der Waals surface area contributed by atoms with Crippen molar-refractivity contribution in [2.75, 3.05) is 19.0 Å². The number of anilines is 1. The van der Waals surface area contributed by atoms with Crippen LogP contribution >= 0.6 is 0 Å². The average molecular weight is 520 g/mol. The van der Waals surface area contributed by atoms with Gasteiger partial charge in [0, 0.05) is 44.3 Å². The van der Waals surface area contributed by atoms with Gasteiger partial charge in [0.2, 0.25) is 5.78 Å². The number of ether oxygens (including phenoxy) is 2. The Morgan fingerprint density at radius 3 is 2.42 bits per heavy atom. The molecule has 5 rings (SSSR count). The first kappa shape index (κ1) is 26.4. The number of fused-ring (bicyclic) bond motifs is 4. The molecule has 0 bridgehead atoms. The monoisotopic (exact) mass is 519 g/mol. The van der Waals surface area contributed by atoms with Crippen molar-refractivity contribution in [3.8, 4) is 0 Å². The smallest absolute Gasteiger partial charge is 0.303 e. The molecule has 202 valence electrons. The standard InChI is InChI=1S/C31H37NO6/c1-18(33)37-17-28(36)31(38-19(2)34)14-13-27-25-11-7-21-15-23(35)10-12-24(21)29(25)26(16-30(27,31)3)20-5-8-22(32-4)9-6-20/h5-6,8-9,15,25-27,32H,7,10-14,16-17H2,1-4H3/t25-,26+,27-,30-,31-/m0/s1. The van der Waals surface area contributed by atoms with Gasteiger partial charge in [-0.3, -0.25) is 19.2 Å². The van der Waals surface area contributed by atoms with Crippen molar-refractivity contribution < 1.29 is 28.7 Å². The number of carbonyl (C=O) groups excluding carboxylic acids is 4. The van der Waals surface area contributed by atoms with Crippen molar-refractivity contribution in [3.63, 3.8) is 0 Å². The fourth-order valence-corrected chi connectivity index (χ4v) is 8.04. The molecule has 4 aliphatic carbocycles. The summed E-state index contributed by atoms with van der Waals surface area (Å²) in [6, 6.07) is 8.40. The molecule has 7 heteroatoms. The van der Waals surface area contributed by atoms with Crippen molar-refractivity contribution in [3.05, 3.63) is 52.6 Å². The summed E-state index contributed by atoms with van der Waals surface area (Å²) in [6.07, 6.45) is 6.67. The van der Waals surface area contributed by atoms with Gasteiger partial charge in [0.25, 0.3) is 0 Å². The van der Waals surface area contributed by atoms with E-state index in [1.807, 2.05) is 13.1 Å². The third-order valence-electron chi connectivity index (χ3n) is 9.63. The van der Waals surface area contributed by atoms with E-state index < -0.39 is 29.6 Å². The van der Waals surface area contributed by atoms with Gasteiger partial charge in [-0.15, -0.1) is 0 Å². The maximum absolute atomic E-state index is 13.8. The highest BCUT2D eigenvalue weighted by Gasteiger charge is 2.68. The predicted octanol–water partition coefficient (Wildman–Crippen LogP) is 5.06. The van der Waals surface area contributed by atoms with Crippen LogP contribution in [0.3, 0.4) is 0 Å². The number of Topliss-reactive ketones (excluding diaryl/α,β-unsaturated/α-hetero) is 1. The molecule has 0 heterocycles. The zero-order valence-corrected chi connectivity index (χ0v) is 22.7. The maximum atomic E-state index is 13.8. The lowest BCUT2D eigenvalue weighted by molar-refractivity contribution is -0.186. The van der Waals surface area contributed by atoms with Crippen molar-refractivity contribution >= 4 is 29.2 Å². The molecule has 0 spiro atoms. The Bertz CT molecular complexity index is 1240. The number of rotatable bonds is 6. The van der Waals surface area contributed by atoms with Gasteiger partial charge in [0.15, 0.2) is 18.0 Å². The number of allylic oxidation sites excluding steroid dienone is 4. The summed E-state index contributed by atoms with van der Waals surface area (Å²) < 4.78 is 11.2. The highest BCUT2D eigenvalue weighted by Crippen LogP contribution is 2.67. The largest absolute Gasteiger partial charge is 0.458 e. The van der Waals surface area contributed by atoms with Gasteiger partial charge < -0.3 is 14.8 Å². The second-order valence-electron chi connectivity index (χ2n) is 11.5. The summed E-state index contributed by atoms with van der Waals surface area (Å²) in [4.78, 5) is 50.1. The lowest BCUT2D eigenvalue weighted by atomic mass is 9.50. The van der Waals surface area contributed by atoms with Crippen LogP contribution in [0.4, 0.5) is 5.69 Å². The minimum Gasteiger partial charge on any atom is -0.458 e. The summed E-state index contributed by atoms with van der Waals surface area (Å²) >= 11 is 0. The Balaban J connectivity index is 1.66. The Hall–Kier alpha value is -3.22. The lowest BCUT2D eigenvalue weighted by Gasteiger charge is -2.55. The van der Waals surface area contributed by atoms with E-state index in [-0.39, 0.29) is 29.3 Å². The number of esters is 2. The average Bonchev–Trinajstić information content (AvgIpc) is 3.18. The Kier molecular flexibility index (Phi) is 6.82. The van der Waals surface area contributed by atoms with Crippen LogP contribution in [0.1, 0.15) is 77.2 Å².